The summed E-state index contributed by atoms with van der Waals surface area (Å²) in [6.07, 6.45) is 3.72. The lowest BCUT2D eigenvalue weighted by molar-refractivity contribution is 0.368. The van der Waals surface area contributed by atoms with Crippen LogP contribution in [-0.2, 0) is 19.6 Å². The third-order valence-corrected chi connectivity index (χ3v) is 2.42. The van der Waals surface area contributed by atoms with Crippen molar-refractivity contribution in [2.45, 2.75) is 33.5 Å². The van der Waals surface area contributed by atoms with Crippen LogP contribution < -0.4 is 5.32 Å². The Hall–Kier alpha value is -1.62. The van der Waals surface area contributed by atoms with Gasteiger partial charge in [0.1, 0.15) is 0 Å². The Kier molecular flexibility index (Phi) is 3.36. The van der Waals surface area contributed by atoms with Gasteiger partial charge in [-0.15, -0.1) is 0 Å². The van der Waals surface area contributed by atoms with E-state index >= 15 is 0 Å². The minimum Gasteiger partial charge on any atom is -0.360 e. The Labute approximate surface area is 94.5 Å². The molecule has 0 fully saturated rings. The fourth-order valence-corrected chi connectivity index (χ4v) is 1.59. The van der Waals surface area contributed by atoms with Crippen LogP contribution >= 0.6 is 0 Å². The minimum atomic E-state index is 0.690. The van der Waals surface area contributed by atoms with Crippen molar-refractivity contribution in [3.8, 4) is 0 Å². The average molecular weight is 220 g/mol. The summed E-state index contributed by atoms with van der Waals surface area (Å²) in [6, 6.07) is 1.93. The van der Waals surface area contributed by atoms with Crippen LogP contribution in [0.2, 0.25) is 0 Å². The van der Waals surface area contributed by atoms with Gasteiger partial charge in [0.2, 0.25) is 0 Å². The highest BCUT2D eigenvalue weighted by Gasteiger charge is 2.02. The number of aryl methyl sites for hydroxylation is 2. The molecule has 0 amide bonds. The lowest BCUT2D eigenvalue weighted by atomic mass is 10.3. The molecule has 0 atom stereocenters. The molecular formula is C11H16N4O. The van der Waals surface area contributed by atoms with Gasteiger partial charge < -0.3 is 14.4 Å². The first-order valence-electron chi connectivity index (χ1n) is 5.41. The van der Waals surface area contributed by atoms with Crippen LogP contribution in [0, 0.1) is 6.92 Å². The van der Waals surface area contributed by atoms with Gasteiger partial charge in [0.25, 0.3) is 0 Å². The van der Waals surface area contributed by atoms with E-state index in [1.165, 1.54) is 5.69 Å². The molecule has 5 heteroatoms. The summed E-state index contributed by atoms with van der Waals surface area (Å²) < 4.78 is 7.22. The standard InChI is InChI=1S/C11H16N4O/c1-3-15-8-13-6-10(15)5-12-7-11-4-9(2)14-16-11/h4,6,8,12H,3,5,7H2,1-2H3. The monoisotopic (exact) mass is 220 g/mol. The van der Waals surface area contributed by atoms with Crippen LogP contribution in [0.1, 0.15) is 24.1 Å². The normalized spacial score (nSPS) is 10.9. The second kappa shape index (κ2) is 4.94. The van der Waals surface area contributed by atoms with Crippen LogP contribution in [0.3, 0.4) is 0 Å². The van der Waals surface area contributed by atoms with Crippen LogP contribution in [0.25, 0.3) is 0 Å². The number of hydrogen-bond acceptors (Lipinski definition) is 4. The fraction of sp³-hybridized carbons (Fsp3) is 0.455. The summed E-state index contributed by atoms with van der Waals surface area (Å²) in [5.74, 6) is 0.861. The van der Waals surface area contributed by atoms with E-state index in [4.69, 9.17) is 4.52 Å². The van der Waals surface area contributed by atoms with Crippen LogP contribution in [0.4, 0.5) is 0 Å². The minimum absolute atomic E-state index is 0.690. The highest BCUT2D eigenvalue weighted by atomic mass is 16.5. The number of nitrogens with one attached hydrogen (secondary N) is 1. The second-order valence-electron chi connectivity index (χ2n) is 3.71. The molecule has 2 aromatic rings. The molecule has 0 unspecified atom stereocenters. The zero-order valence-electron chi connectivity index (χ0n) is 9.60. The Morgan fingerprint density at radius 3 is 3.00 bits per heavy atom. The van der Waals surface area contributed by atoms with E-state index in [9.17, 15) is 0 Å². The SMILES string of the molecule is CCn1cncc1CNCc1cc(C)no1. The summed E-state index contributed by atoms with van der Waals surface area (Å²) in [6.45, 7) is 6.44. The third-order valence-electron chi connectivity index (χ3n) is 2.42. The zero-order valence-corrected chi connectivity index (χ0v) is 9.60. The quantitative estimate of drug-likeness (QED) is 0.829. The molecule has 0 radical (unpaired) electrons. The molecule has 2 aromatic heterocycles. The Morgan fingerprint density at radius 1 is 1.44 bits per heavy atom. The number of aromatic nitrogens is 3. The first-order valence-corrected chi connectivity index (χ1v) is 5.41. The highest BCUT2D eigenvalue weighted by molar-refractivity contribution is 5.03. The van der Waals surface area contributed by atoms with E-state index in [1.807, 2.05) is 25.5 Å². The third kappa shape index (κ3) is 2.49. The van der Waals surface area contributed by atoms with Gasteiger partial charge in [-0.3, -0.25) is 0 Å². The Balaban J connectivity index is 1.84. The molecule has 16 heavy (non-hydrogen) atoms. The predicted molar refractivity (Wildman–Crippen MR) is 59.7 cm³/mol. The van der Waals surface area contributed by atoms with Crippen LogP contribution in [0.5, 0.6) is 0 Å². The van der Waals surface area contributed by atoms with E-state index in [0.29, 0.717) is 6.54 Å². The largest absolute Gasteiger partial charge is 0.360 e. The van der Waals surface area contributed by atoms with Crippen molar-refractivity contribution in [1.29, 1.82) is 0 Å². The van der Waals surface area contributed by atoms with E-state index in [1.54, 1.807) is 0 Å². The van der Waals surface area contributed by atoms with E-state index in [-0.39, 0.29) is 0 Å². The summed E-state index contributed by atoms with van der Waals surface area (Å²) >= 11 is 0. The van der Waals surface area contributed by atoms with Crippen molar-refractivity contribution in [3.63, 3.8) is 0 Å². The maximum absolute atomic E-state index is 5.11. The van der Waals surface area contributed by atoms with E-state index in [0.717, 1.165) is 24.5 Å². The molecule has 1 N–H and O–H groups in total. The average Bonchev–Trinajstić information content (AvgIpc) is 2.87. The van der Waals surface area contributed by atoms with Gasteiger partial charge in [-0.05, 0) is 13.8 Å². The van der Waals surface area contributed by atoms with Crippen molar-refractivity contribution in [2.24, 2.45) is 0 Å². The summed E-state index contributed by atoms with van der Waals surface area (Å²) in [4.78, 5) is 4.11. The molecule has 0 bridgehead atoms. The molecule has 0 aliphatic carbocycles. The first kappa shape index (κ1) is 10.9. The van der Waals surface area contributed by atoms with Gasteiger partial charge in [0.15, 0.2) is 5.76 Å². The maximum atomic E-state index is 5.11. The molecule has 0 aliphatic heterocycles. The molecule has 0 aliphatic rings. The molecule has 2 rings (SSSR count). The Bertz CT molecular complexity index is 446. The van der Waals surface area contributed by atoms with Crippen molar-refractivity contribution in [1.82, 2.24) is 20.0 Å². The van der Waals surface area contributed by atoms with Crippen molar-refractivity contribution in [3.05, 3.63) is 35.7 Å². The first-order chi connectivity index (χ1) is 7.79. The van der Waals surface area contributed by atoms with E-state index in [2.05, 4.69) is 26.9 Å². The fourth-order valence-electron chi connectivity index (χ4n) is 1.59. The molecule has 86 valence electrons. The molecular weight excluding hydrogens is 204 g/mol. The van der Waals surface area contributed by atoms with Gasteiger partial charge in [-0.2, -0.15) is 0 Å². The molecule has 2 heterocycles. The number of imidazole rings is 1. The van der Waals surface area contributed by atoms with Crippen molar-refractivity contribution >= 4 is 0 Å². The van der Waals surface area contributed by atoms with Gasteiger partial charge in [0, 0.05) is 25.4 Å². The van der Waals surface area contributed by atoms with Gasteiger partial charge in [-0.25, -0.2) is 4.98 Å². The van der Waals surface area contributed by atoms with Crippen molar-refractivity contribution in [2.75, 3.05) is 0 Å². The zero-order chi connectivity index (χ0) is 11.4. The lowest BCUT2D eigenvalue weighted by Crippen LogP contribution is -2.15. The smallest absolute Gasteiger partial charge is 0.150 e. The predicted octanol–water partition coefficient (Wildman–Crippen LogP) is 1.49. The number of rotatable bonds is 5. The molecule has 0 saturated carbocycles. The molecule has 0 aromatic carbocycles. The molecule has 0 saturated heterocycles. The highest BCUT2D eigenvalue weighted by Crippen LogP contribution is 2.03. The maximum Gasteiger partial charge on any atom is 0.150 e. The molecule has 0 spiro atoms. The lowest BCUT2D eigenvalue weighted by Gasteiger charge is -2.05. The van der Waals surface area contributed by atoms with Gasteiger partial charge in [0.05, 0.1) is 24.3 Å². The second-order valence-corrected chi connectivity index (χ2v) is 3.71. The summed E-state index contributed by atoms with van der Waals surface area (Å²) in [5, 5.41) is 7.13. The van der Waals surface area contributed by atoms with Crippen molar-refractivity contribution < 1.29 is 4.52 Å². The van der Waals surface area contributed by atoms with Gasteiger partial charge >= 0.3 is 0 Å². The van der Waals surface area contributed by atoms with Crippen LogP contribution in [0.15, 0.2) is 23.1 Å². The topological polar surface area (TPSA) is 55.9 Å². The van der Waals surface area contributed by atoms with Gasteiger partial charge in [-0.1, -0.05) is 5.16 Å². The Morgan fingerprint density at radius 2 is 2.31 bits per heavy atom. The number of nitrogens with zero attached hydrogens (tertiary/aromatic N) is 3. The number of hydrogen-bond donors (Lipinski definition) is 1. The van der Waals surface area contributed by atoms with Crippen LogP contribution in [-0.4, -0.2) is 14.7 Å². The molecule has 5 nitrogen and oxygen atoms in total. The summed E-state index contributed by atoms with van der Waals surface area (Å²) in [7, 11) is 0. The summed E-state index contributed by atoms with van der Waals surface area (Å²) in [5.41, 5.74) is 2.09. The van der Waals surface area contributed by atoms with E-state index < -0.39 is 0 Å².